The molecule has 5 rings (SSSR count). The molecular formula is C29H31N7O2. The van der Waals surface area contributed by atoms with Gasteiger partial charge in [-0.1, -0.05) is 6.42 Å². The molecule has 3 heterocycles. The maximum Gasteiger partial charge on any atom is 0.229 e. The third-order valence-electron chi connectivity index (χ3n) is 6.48. The summed E-state index contributed by atoms with van der Waals surface area (Å²) < 4.78 is 11.6. The molecule has 1 saturated heterocycles. The standard InChI is InChI=1S/C29H31N7O2/c1-37-27-18-23(7-9-26(27)38-15-5-14-36-12-3-2-4-13-36)34-29-31-11-10-28(35-29)33-24-17-22-16-21(19-30)6-8-25(22)32-20-24/h6-11,16-18,20H,2-5,12-15H2,1H3,(H2,31,33,34,35). The van der Waals surface area contributed by atoms with E-state index in [1.165, 1.54) is 32.4 Å². The van der Waals surface area contributed by atoms with Gasteiger partial charge in [0.2, 0.25) is 5.95 Å². The lowest BCUT2D eigenvalue weighted by atomic mass is 10.1. The molecule has 9 heteroatoms. The minimum atomic E-state index is 0.438. The Morgan fingerprint density at radius 2 is 1.84 bits per heavy atom. The lowest BCUT2D eigenvalue weighted by Gasteiger charge is -2.26. The van der Waals surface area contributed by atoms with Crippen LogP contribution >= 0.6 is 0 Å². The quantitative estimate of drug-likeness (QED) is 0.262. The van der Waals surface area contributed by atoms with Gasteiger partial charge in [0.15, 0.2) is 11.5 Å². The predicted molar refractivity (Wildman–Crippen MR) is 148 cm³/mol. The Morgan fingerprint density at radius 3 is 2.68 bits per heavy atom. The smallest absolute Gasteiger partial charge is 0.229 e. The monoisotopic (exact) mass is 509 g/mol. The van der Waals surface area contributed by atoms with E-state index in [0.29, 0.717) is 29.7 Å². The molecule has 0 spiro atoms. The molecule has 9 nitrogen and oxygen atoms in total. The second-order valence-electron chi connectivity index (χ2n) is 9.23. The summed E-state index contributed by atoms with van der Waals surface area (Å²) in [6.45, 7) is 4.12. The number of nitrogens with one attached hydrogen (secondary N) is 2. The Labute approximate surface area is 222 Å². The molecule has 0 saturated carbocycles. The third kappa shape index (κ3) is 6.47. The van der Waals surface area contributed by atoms with Crippen LogP contribution in [0.4, 0.5) is 23.1 Å². The normalized spacial score (nSPS) is 13.6. The fraction of sp³-hybridized carbons (Fsp3) is 0.310. The average molecular weight is 510 g/mol. The van der Waals surface area contributed by atoms with Gasteiger partial charge in [-0.05, 0) is 74.8 Å². The summed E-state index contributed by atoms with van der Waals surface area (Å²) in [6.07, 6.45) is 8.36. The molecule has 2 N–H and O–H groups in total. The van der Waals surface area contributed by atoms with Crippen molar-refractivity contribution in [1.29, 1.82) is 5.26 Å². The van der Waals surface area contributed by atoms with Gasteiger partial charge in [0, 0.05) is 29.9 Å². The zero-order valence-electron chi connectivity index (χ0n) is 21.5. The number of aromatic nitrogens is 3. The fourth-order valence-electron chi connectivity index (χ4n) is 4.55. The van der Waals surface area contributed by atoms with Crippen LogP contribution in [-0.2, 0) is 0 Å². The molecule has 0 radical (unpaired) electrons. The molecule has 2 aromatic heterocycles. The molecule has 0 bridgehead atoms. The minimum Gasteiger partial charge on any atom is -0.493 e. The van der Waals surface area contributed by atoms with Crippen molar-refractivity contribution in [3.8, 4) is 17.6 Å². The second kappa shape index (κ2) is 12.2. The highest BCUT2D eigenvalue weighted by Crippen LogP contribution is 2.31. The summed E-state index contributed by atoms with van der Waals surface area (Å²) in [5, 5.41) is 16.5. The van der Waals surface area contributed by atoms with Crippen LogP contribution in [0.1, 0.15) is 31.2 Å². The zero-order chi connectivity index (χ0) is 26.2. The van der Waals surface area contributed by atoms with E-state index in [4.69, 9.17) is 14.7 Å². The molecule has 0 unspecified atom stereocenters. The van der Waals surface area contributed by atoms with E-state index < -0.39 is 0 Å². The lowest BCUT2D eigenvalue weighted by molar-refractivity contribution is 0.203. The van der Waals surface area contributed by atoms with E-state index in [9.17, 15) is 0 Å². The number of benzene rings is 2. The number of nitrogens with zero attached hydrogens (tertiary/aromatic N) is 5. The number of rotatable bonds is 10. The topological polar surface area (TPSA) is 108 Å². The highest BCUT2D eigenvalue weighted by atomic mass is 16.5. The summed E-state index contributed by atoms with van der Waals surface area (Å²) in [7, 11) is 1.64. The number of pyridine rings is 1. The van der Waals surface area contributed by atoms with E-state index >= 15 is 0 Å². The lowest BCUT2D eigenvalue weighted by Crippen LogP contribution is -2.31. The van der Waals surface area contributed by atoms with Gasteiger partial charge in [-0.25, -0.2) is 4.98 Å². The Hall–Kier alpha value is -4.42. The number of anilines is 4. The highest BCUT2D eigenvalue weighted by molar-refractivity contribution is 5.83. The Balaban J connectivity index is 1.20. The number of ether oxygens (including phenoxy) is 2. The van der Waals surface area contributed by atoms with Crippen molar-refractivity contribution in [3.05, 3.63) is 66.5 Å². The number of fused-ring (bicyclic) bond motifs is 1. The van der Waals surface area contributed by atoms with Gasteiger partial charge < -0.3 is 25.0 Å². The van der Waals surface area contributed by atoms with Crippen LogP contribution in [0.2, 0.25) is 0 Å². The first-order valence-corrected chi connectivity index (χ1v) is 12.9. The summed E-state index contributed by atoms with van der Waals surface area (Å²) in [6, 6.07) is 17.0. The van der Waals surface area contributed by atoms with Crippen molar-refractivity contribution < 1.29 is 9.47 Å². The van der Waals surface area contributed by atoms with E-state index in [-0.39, 0.29) is 0 Å². The van der Waals surface area contributed by atoms with Gasteiger partial charge in [0.05, 0.1) is 42.8 Å². The number of piperidine rings is 1. The van der Waals surface area contributed by atoms with Crippen LogP contribution in [0.25, 0.3) is 10.9 Å². The number of hydrogen-bond acceptors (Lipinski definition) is 9. The first kappa shape index (κ1) is 25.2. The number of likely N-dealkylation sites (tertiary alicyclic amines) is 1. The van der Waals surface area contributed by atoms with E-state index in [1.54, 1.807) is 31.6 Å². The minimum absolute atomic E-state index is 0.438. The Morgan fingerprint density at radius 1 is 0.947 bits per heavy atom. The average Bonchev–Trinajstić information content (AvgIpc) is 2.96. The predicted octanol–water partition coefficient (Wildman–Crippen LogP) is 5.65. The van der Waals surface area contributed by atoms with Crippen molar-refractivity contribution in [2.45, 2.75) is 25.7 Å². The van der Waals surface area contributed by atoms with E-state index in [1.807, 2.05) is 36.4 Å². The van der Waals surface area contributed by atoms with E-state index in [2.05, 4.69) is 36.6 Å². The van der Waals surface area contributed by atoms with Gasteiger partial charge in [-0.15, -0.1) is 0 Å². The zero-order valence-corrected chi connectivity index (χ0v) is 21.5. The molecule has 4 aromatic rings. The molecule has 38 heavy (non-hydrogen) atoms. The molecule has 1 aliphatic heterocycles. The van der Waals surface area contributed by atoms with Gasteiger partial charge in [0.25, 0.3) is 0 Å². The van der Waals surface area contributed by atoms with Gasteiger partial charge in [0.1, 0.15) is 5.82 Å². The van der Waals surface area contributed by atoms with Crippen LogP contribution < -0.4 is 20.1 Å². The van der Waals surface area contributed by atoms with Crippen LogP contribution in [-0.4, -0.2) is 53.2 Å². The van der Waals surface area contributed by atoms with E-state index in [0.717, 1.165) is 41.0 Å². The molecule has 0 aliphatic carbocycles. The Bertz CT molecular complexity index is 1430. The van der Waals surface area contributed by atoms with Gasteiger partial charge in [-0.2, -0.15) is 10.2 Å². The molecular weight excluding hydrogens is 478 g/mol. The number of hydrogen-bond donors (Lipinski definition) is 2. The summed E-state index contributed by atoms with van der Waals surface area (Å²) >= 11 is 0. The first-order chi connectivity index (χ1) is 18.7. The maximum atomic E-state index is 9.17. The molecule has 1 aliphatic rings. The van der Waals surface area contributed by atoms with Crippen molar-refractivity contribution in [2.75, 3.05) is 44.0 Å². The molecule has 0 atom stereocenters. The van der Waals surface area contributed by atoms with Crippen LogP contribution in [0, 0.1) is 11.3 Å². The number of nitriles is 1. The molecule has 2 aromatic carbocycles. The van der Waals surface area contributed by atoms with Crippen molar-refractivity contribution in [1.82, 2.24) is 19.9 Å². The summed E-state index contributed by atoms with van der Waals surface area (Å²) in [5.74, 6) is 2.42. The summed E-state index contributed by atoms with van der Waals surface area (Å²) in [4.78, 5) is 15.9. The molecule has 0 amide bonds. The van der Waals surface area contributed by atoms with Gasteiger partial charge >= 0.3 is 0 Å². The van der Waals surface area contributed by atoms with Crippen molar-refractivity contribution >= 4 is 34.0 Å². The largest absolute Gasteiger partial charge is 0.493 e. The van der Waals surface area contributed by atoms with Crippen molar-refractivity contribution in [2.24, 2.45) is 0 Å². The maximum absolute atomic E-state index is 9.17. The van der Waals surface area contributed by atoms with Gasteiger partial charge in [-0.3, -0.25) is 4.98 Å². The highest BCUT2D eigenvalue weighted by Gasteiger charge is 2.11. The molecule has 194 valence electrons. The summed E-state index contributed by atoms with van der Waals surface area (Å²) in [5.41, 5.74) is 2.97. The van der Waals surface area contributed by atoms with Crippen molar-refractivity contribution in [3.63, 3.8) is 0 Å². The SMILES string of the molecule is COc1cc(Nc2nccc(Nc3cnc4ccc(C#N)cc4c3)n2)ccc1OCCCN1CCCCC1. The van der Waals surface area contributed by atoms with Crippen LogP contribution in [0.5, 0.6) is 11.5 Å². The third-order valence-corrected chi connectivity index (χ3v) is 6.48. The second-order valence-corrected chi connectivity index (χ2v) is 9.23. The fourth-order valence-corrected chi connectivity index (χ4v) is 4.55. The van der Waals surface area contributed by atoms with Crippen LogP contribution in [0.15, 0.2) is 60.9 Å². The number of methoxy groups -OCH3 is 1. The first-order valence-electron chi connectivity index (χ1n) is 12.9. The molecule has 1 fully saturated rings. The van der Waals surface area contributed by atoms with Crippen LogP contribution in [0.3, 0.4) is 0 Å². The Kier molecular flexibility index (Phi) is 8.11.